The van der Waals surface area contributed by atoms with Crippen LogP contribution in [0.15, 0.2) is 30.5 Å². The highest BCUT2D eigenvalue weighted by molar-refractivity contribution is 6.32. The van der Waals surface area contributed by atoms with Gasteiger partial charge in [0, 0.05) is 42.8 Å². The molecule has 0 spiro atoms. The molecule has 3 aromatic rings. The highest BCUT2D eigenvalue weighted by Crippen LogP contribution is 2.49. The predicted molar refractivity (Wildman–Crippen MR) is 151 cm³/mol. The van der Waals surface area contributed by atoms with Gasteiger partial charge in [-0.1, -0.05) is 23.8 Å². The summed E-state index contributed by atoms with van der Waals surface area (Å²) in [5.74, 6) is 0.120. The summed E-state index contributed by atoms with van der Waals surface area (Å²) in [5.41, 5.74) is 2.27. The van der Waals surface area contributed by atoms with Gasteiger partial charge in [0.2, 0.25) is 0 Å². The lowest BCUT2D eigenvalue weighted by atomic mass is 9.95. The van der Waals surface area contributed by atoms with E-state index in [0.29, 0.717) is 47.8 Å². The van der Waals surface area contributed by atoms with Crippen LogP contribution in [0.3, 0.4) is 0 Å². The highest BCUT2D eigenvalue weighted by atomic mass is 35.5. The van der Waals surface area contributed by atoms with Gasteiger partial charge in [0.25, 0.3) is 0 Å². The van der Waals surface area contributed by atoms with Crippen LogP contribution in [-0.2, 0) is 0 Å². The van der Waals surface area contributed by atoms with Crippen LogP contribution in [0, 0.1) is 5.82 Å². The largest absolute Gasteiger partial charge is 0.508 e. The van der Waals surface area contributed by atoms with E-state index in [2.05, 4.69) is 26.3 Å². The molecular weight excluding hydrogens is 536 g/mol. The average molecular weight is 568 g/mol. The third kappa shape index (κ3) is 4.47. The average Bonchev–Trinajstić information content (AvgIpc) is 3.61. The minimum atomic E-state index is -0.876. The fourth-order valence-electron chi connectivity index (χ4n) is 6.78. The Hall–Kier alpha value is -3.04. The minimum Gasteiger partial charge on any atom is -0.508 e. The summed E-state index contributed by atoms with van der Waals surface area (Å²) in [4.78, 5) is 18.1. The molecule has 0 amide bonds. The van der Waals surface area contributed by atoms with Gasteiger partial charge in [-0.2, -0.15) is 9.97 Å². The summed E-state index contributed by atoms with van der Waals surface area (Å²) < 4.78 is 37.0. The van der Waals surface area contributed by atoms with Gasteiger partial charge in [-0.05, 0) is 68.7 Å². The number of ether oxygens (including phenoxy) is 1. The van der Waals surface area contributed by atoms with Crippen molar-refractivity contribution in [3.8, 4) is 23.0 Å². The molecule has 2 atom stereocenters. The normalized spacial score (nSPS) is 25.1. The third-order valence-electron chi connectivity index (χ3n) is 9.00. The van der Waals surface area contributed by atoms with E-state index in [0.717, 1.165) is 50.6 Å². The smallest absolute Gasteiger partial charge is 0.319 e. The second-order valence-corrected chi connectivity index (χ2v) is 12.2. The predicted octanol–water partition coefficient (Wildman–Crippen LogP) is 6.18. The zero-order chi connectivity index (χ0) is 27.6. The van der Waals surface area contributed by atoms with Crippen LogP contribution in [0.25, 0.3) is 22.2 Å². The van der Waals surface area contributed by atoms with E-state index in [4.69, 9.17) is 21.3 Å². The van der Waals surface area contributed by atoms with Gasteiger partial charge >= 0.3 is 6.01 Å². The van der Waals surface area contributed by atoms with E-state index < -0.39 is 12.0 Å². The van der Waals surface area contributed by atoms with Crippen molar-refractivity contribution in [2.24, 2.45) is 0 Å². The summed E-state index contributed by atoms with van der Waals surface area (Å²) in [6.07, 6.45) is 6.55. The number of aromatic nitrogens is 3. The number of phenolic OH excluding ortho intramolecular Hbond substituents is 1. The zero-order valence-electron chi connectivity index (χ0n) is 22.3. The number of halogens is 3. The first-order chi connectivity index (χ1) is 19.3. The molecule has 3 saturated heterocycles. The molecule has 1 saturated carbocycles. The van der Waals surface area contributed by atoms with Crippen molar-refractivity contribution in [2.75, 3.05) is 37.7 Å². The van der Waals surface area contributed by atoms with Crippen molar-refractivity contribution >= 4 is 28.3 Å². The summed E-state index contributed by atoms with van der Waals surface area (Å²) in [7, 11) is 0. The number of phenols is 1. The van der Waals surface area contributed by atoms with E-state index in [9.17, 15) is 9.50 Å². The molecule has 10 heteroatoms. The summed E-state index contributed by atoms with van der Waals surface area (Å²) >= 11 is 6.51. The van der Waals surface area contributed by atoms with Gasteiger partial charge in [0.1, 0.15) is 35.6 Å². The van der Waals surface area contributed by atoms with E-state index >= 15 is 4.39 Å². The summed E-state index contributed by atoms with van der Waals surface area (Å²) in [6, 6.07) is 3.08. The van der Waals surface area contributed by atoms with Crippen LogP contribution in [0.5, 0.6) is 11.8 Å². The Morgan fingerprint density at radius 2 is 1.98 bits per heavy atom. The Morgan fingerprint density at radius 1 is 1.18 bits per heavy atom. The maximum atomic E-state index is 16.5. The van der Waals surface area contributed by atoms with Gasteiger partial charge in [-0.3, -0.25) is 9.88 Å². The lowest BCUT2D eigenvalue weighted by Crippen LogP contribution is -2.43. The molecule has 0 radical (unpaired) electrons. The number of aromatic hydroxyl groups is 1. The Kier molecular flexibility index (Phi) is 6.35. The van der Waals surface area contributed by atoms with Gasteiger partial charge < -0.3 is 14.7 Å². The molecule has 210 valence electrons. The Balaban J connectivity index is 1.32. The lowest BCUT2D eigenvalue weighted by Gasteiger charge is -2.32. The van der Waals surface area contributed by atoms with Crippen LogP contribution in [0.2, 0.25) is 5.02 Å². The number of pyridine rings is 1. The van der Waals surface area contributed by atoms with E-state index in [-0.39, 0.29) is 41.0 Å². The van der Waals surface area contributed by atoms with E-state index in [1.165, 1.54) is 17.7 Å². The van der Waals surface area contributed by atoms with Crippen LogP contribution in [0.1, 0.15) is 56.4 Å². The quantitative estimate of drug-likeness (QED) is 0.357. The zero-order valence-corrected chi connectivity index (χ0v) is 23.1. The monoisotopic (exact) mass is 567 g/mol. The SMILES string of the molecule is C=C1CCN(c2nc(OC[C@@]34CCCN3C[C@H](F)C4)nc3c(F)c(-c4cc(O)cc(Cl)c4C4CC4)ncc23)CC1. The number of rotatable bonds is 6. The Morgan fingerprint density at radius 3 is 2.75 bits per heavy atom. The molecule has 7 nitrogen and oxygen atoms in total. The van der Waals surface area contributed by atoms with Crippen LogP contribution >= 0.6 is 11.6 Å². The number of fused-ring (bicyclic) bond motifs is 2. The molecule has 40 heavy (non-hydrogen) atoms. The topological polar surface area (TPSA) is 74.6 Å². The molecular formula is C30H32ClF2N5O2. The molecule has 4 aliphatic rings. The first-order valence-electron chi connectivity index (χ1n) is 14.1. The fraction of sp³-hybridized carbons (Fsp3) is 0.500. The maximum Gasteiger partial charge on any atom is 0.319 e. The molecule has 3 aliphatic heterocycles. The van der Waals surface area contributed by atoms with E-state index in [1.54, 1.807) is 6.20 Å². The second-order valence-electron chi connectivity index (χ2n) is 11.8. The molecule has 5 heterocycles. The van der Waals surface area contributed by atoms with Crippen molar-refractivity contribution < 1.29 is 18.6 Å². The van der Waals surface area contributed by atoms with Gasteiger partial charge in [0.05, 0.1) is 10.9 Å². The lowest BCUT2D eigenvalue weighted by molar-refractivity contribution is 0.107. The van der Waals surface area contributed by atoms with Crippen LogP contribution in [0.4, 0.5) is 14.6 Å². The van der Waals surface area contributed by atoms with Gasteiger partial charge in [-0.25, -0.2) is 8.78 Å². The van der Waals surface area contributed by atoms with Crippen molar-refractivity contribution in [3.63, 3.8) is 0 Å². The van der Waals surface area contributed by atoms with Crippen molar-refractivity contribution in [2.45, 2.75) is 62.6 Å². The number of anilines is 1. The molecule has 1 aromatic carbocycles. The molecule has 7 rings (SSSR count). The number of hydrogen-bond donors (Lipinski definition) is 1. The summed E-state index contributed by atoms with van der Waals surface area (Å²) in [5, 5.41) is 11.2. The Bertz CT molecular complexity index is 1510. The molecule has 0 bridgehead atoms. The molecule has 0 unspecified atom stereocenters. The highest BCUT2D eigenvalue weighted by Gasteiger charge is 2.49. The number of benzene rings is 1. The number of hydrogen-bond acceptors (Lipinski definition) is 7. The Labute approximate surface area is 236 Å². The molecule has 1 N–H and O–H groups in total. The minimum absolute atomic E-state index is 0.0465. The first kappa shape index (κ1) is 25.9. The second kappa shape index (κ2) is 9.80. The molecule has 1 aliphatic carbocycles. The van der Waals surface area contributed by atoms with Gasteiger partial charge in [-0.15, -0.1) is 0 Å². The third-order valence-corrected chi connectivity index (χ3v) is 9.31. The van der Waals surface area contributed by atoms with Crippen LogP contribution < -0.4 is 9.64 Å². The van der Waals surface area contributed by atoms with Crippen LogP contribution in [-0.4, -0.2) is 69.5 Å². The number of nitrogens with zero attached hydrogens (tertiary/aromatic N) is 5. The number of alkyl halides is 1. The van der Waals surface area contributed by atoms with E-state index in [1.807, 2.05) is 0 Å². The van der Waals surface area contributed by atoms with Crippen molar-refractivity contribution in [3.05, 3.63) is 46.9 Å². The maximum absolute atomic E-state index is 16.5. The number of piperidine rings is 1. The summed E-state index contributed by atoms with van der Waals surface area (Å²) in [6.45, 7) is 7.03. The molecule has 4 fully saturated rings. The molecule has 2 aromatic heterocycles. The van der Waals surface area contributed by atoms with Crippen molar-refractivity contribution in [1.29, 1.82) is 0 Å². The first-order valence-corrected chi connectivity index (χ1v) is 14.5. The van der Waals surface area contributed by atoms with Gasteiger partial charge in [0.15, 0.2) is 5.82 Å². The fourth-order valence-corrected chi connectivity index (χ4v) is 7.15. The standard InChI is InChI=1S/C30H32ClF2N5O2/c1-17-5-9-37(10-6-17)28-22-14-34-26(21-11-20(39)12-23(31)24(21)18-3-4-18)25(33)27(22)35-29(36-28)40-16-30-7-2-8-38(30)15-19(32)13-30/h11-12,14,18-19,39H,1-10,13,15-16H2/t19-,30+/m1/s1. The van der Waals surface area contributed by atoms with Crippen molar-refractivity contribution in [1.82, 2.24) is 19.9 Å².